The Labute approximate surface area is 137 Å². The molecule has 0 atom stereocenters. The van der Waals surface area contributed by atoms with Crippen LogP contribution in [0.25, 0.3) is 0 Å². The molecule has 0 aromatic heterocycles. The first-order valence-electron chi connectivity index (χ1n) is 7.69. The summed E-state index contributed by atoms with van der Waals surface area (Å²) in [6, 6.07) is 13.8. The highest BCUT2D eigenvalue weighted by Gasteiger charge is 2.02. The topological polar surface area (TPSA) is 50.7 Å². The molecule has 0 saturated carbocycles. The number of benzene rings is 2. The minimum atomic E-state index is -0.286. The Hall–Kier alpha value is -2.62. The second-order valence-corrected chi connectivity index (χ2v) is 5.44. The van der Waals surface area contributed by atoms with Crippen LogP contribution in [0.15, 0.2) is 47.6 Å². The molecule has 120 valence electrons. The zero-order valence-corrected chi connectivity index (χ0v) is 13.8. The second kappa shape index (κ2) is 8.13. The molecule has 2 rings (SSSR count). The molecule has 4 nitrogen and oxygen atoms in total. The number of ether oxygens (including phenoxy) is 1. The number of amides is 1. The van der Waals surface area contributed by atoms with E-state index >= 15 is 0 Å². The summed E-state index contributed by atoms with van der Waals surface area (Å²) in [5, 5.41) is 3.97. The van der Waals surface area contributed by atoms with Gasteiger partial charge in [-0.25, -0.2) is 5.43 Å². The maximum atomic E-state index is 11.7. The van der Waals surface area contributed by atoms with Crippen molar-refractivity contribution in [1.29, 1.82) is 0 Å². The Morgan fingerprint density at radius 2 is 1.91 bits per heavy atom. The molecular formula is C19H22N2O2. The molecule has 4 heteroatoms. The molecule has 2 aromatic rings. The summed E-state index contributed by atoms with van der Waals surface area (Å²) in [5.74, 6) is 0.390. The first-order valence-corrected chi connectivity index (χ1v) is 7.69. The fraction of sp³-hybridized carbons (Fsp3) is 0.263. The molecule has 1 N–H and O–H groups in total. The molecule has 0 spiro atoms. The monoisotopic (exact) mass is 310 g/mol. The fourth-order valence-electron chi connectivity index (χ4n) is 2.15. The fourth-order valence-corrected chi connectivity index (χ4v) is 2.15. The number of hydrogen-bond acceptors (Lipinski definition) is 3. The number of rotatable bonds is 6. The van der Waals surface area contributed by atoms with Crippen molar-refractivity contribution in [2.75, 3.05) is 6.61 Å². The van der Waals surface area contributed by atoms with E-state index < -0.39 is 0 Å². The van der Waals surface area contributed by atoms with Crippen LogP contribution in [0.2, 0.25) is 0 Å². The normalized spacial score (nSPS) is 10.7. The molecule has 0 bridgehead atoms. The van der Waals surface area contributed by atoms with E-state index in [-0.39, 0.29) is 12.5 Å². The van der Waals surface area contributed by atoms with Gasteiger partial charge in [-0.1, -0.05) is 42.8 Å². The van der Waals surface area contributed by atoms with Crippen molar-refractivity contribution in [3.63, 3.8) is 0 Å². The third-order valence-electron chi connectivity index (χ3n) is 3.52. The number of nitrogens with one attached hydrogen (secondary N) is 1. The Bertz CT molecular complexity index is 691. The third-order valence-corrected chi connectivity index (χ3v) is 3.52. The van der Waals surface area contributed by atoms with Gasteiger partial charge in [-0.15, -0.1) is 0 Å². The minimum Gasteiger partial charge on any atom is -0.484 e. The van der Waals surface area contributed by atoms with Crippen LogP contribution in [-0.2, 0) is 11.2 Å². The van der Waals surface area contributed by atoms with Gasteiger partial charge in [-0.05, 0) is 49.1 Å². The smallest absolute Gasteiger partial charge is 0.277 e. The summed E-state index contributed by atoms with van der Waals surface area (Å²) < 4.78 is 5.42. The van der Waals surface area contributed by atoms with E-state index in [1.165, 1.54) is 11.1 Å². The first kappa shape index (κ1) is 16.7. The van der Waals surface area contributed by atoms with Crippen molar-refractivity contribution in [3.8, 4) is 5.75 Å². The van der Waals surface area contributed by atoms with Gasteiger partial charge in [0.15, 0.2) is 6.61 Å². The van der Waals surface area contributed by atoms with Crippen LogP contribution in [-0.4, -0.2) is 18.7 Å². The second-order valence-electron chi connectivity index (χ2n) is 5.44. The predicted octanol–water partition coefficient (Wildman–Crippen LogP) is 3.39. The van der Waals surface area contributed by atoms with Crippen LogP contribution in [0.4, 0.5) is 0 Å². The lowest BCUT2D eigenvalue weighted by molar-refractivity contribution is -0.123. The molecule has 0 aliphatic carbocycles. The molecule has 0 radical (unpaired) electrons. The van der Waals surface area contributed by atoms with E-state index in [0.717, 1.165) is 17.5 Å². The molecule has 0 unspecified atom stereocenters. The van der Waals surface area contributed by atoms with Gasteiger partial charge >= 0.3 is 0 Å². The summed E-state index contributed by atoms with van der Waals surface area (Å²) in [6.07, 6.45) is 2.62. The van der Waals surface area contributed by atoms with Gasteiger partial charge in [0, 0.05) is 0 Å². The highest BCUT2D eigenvalue weighted by atomic mass is 16.5. The lowest BCUT2D eigenvalue weighted by Gasteiger charge is -2.06. The van der Waals surface area contributed by atoms with Gasteiger partial charge in [0.1, 0.15) is 5.75 Å². The standard InChI is InChI=1S/C19H22N2O2/c1-4-16-6-9-18(10-7-16)23-13-19(22)21-20-12-17-8-5-14(2)11-15(17)3/h5-12H,4,13H2,1-3H3,(H,21,22)/b20-12+. The van der Waals surface area contributed by atoms with E-state index in [2.05, 4.69) is 23.5 Å². The molecule has 1 amide bonds. The quantitative estimate of drug-likeness (QED) is 0.657. The van der Waals surface area contributed by atoms with Gasteiger partial charge in [-0.3, -0.25) is 4.79 Å². The summed E-state index contributed by atoms with van der Waals surface area (Å²) >= 11 is 0. The highest BCUT2D eigenvalue weighted by molar-refractivity contribution is 5.84. The number of hydrogen-bond donors (Lipinski definition) is 1. The van der Waals surface area contributed by atoms with Crippen molar-refractivity contribution in [1.82, 2.24) is 5.43 Å². The van der Waals surface area contributed by atoms with Gasteiger partial charge < -0.3 is 4.74 Å². The van der Waals surface area contributed by atoms with Crippen molar-refractivity contribution < 1.29 is 9.53 Å². The van der Waals surface area contributed by atoms with Gasteiger partial charge in [-0.2, -0.15) is 5.10 Å². The number of nitrogens with zero attached hydrogens (tertiary/aromatic N) is 1. The van der Waals surface area contributed by atoms with Crippen molar-refractivity contribution in [2.45, 2.75) is 27.2 Å². The molecule has 0 aliphatic heterocycles. The van der Waals surface area contributed by atoms with Crippen LogP contribution < -0.4 is 10.2 Å². The average Bonchev–Trinajstić information content (AvgIpc) is 2.55. The van der Waals surface area contributed by atoms with E-state index in [1.54, 1.807) is 6.21 Å². The van der Waals surface area contributed by atoms with Crippen molar-refractivity contribution >= 4 is 12.1 Å². The van der Waals surface area contributed by atoms with Crippen LogP contribution in [0.5, 0.6) is 5.75 Å². The maximum Gasteiger partial charge on any atom is 0.277 e. The average molecular weight is 310 g/mol. The Kier molecular flexibility index (Phi) is 5.92. The van der Waals surface area contributed by atoms with Crippen molar-refractivity contribution in [2.24, 2.45) is 5.10 Å². The largest absolute Gasteiger partial charge is 0.484 e. The number of hydrazone groups is 1. The summed E-state index contributed by atoms with van der Waals surface area (Å²) in [6.45, 7) is 6.09. The van der Waals surface area contributed by atoms with E-state index in [4.69, 9.17) is 4.74 Å². The van der Waals surface area contributed by atoms with Gasteiger partial charge in [0.05, 0.1) is 6.21 Å². The predicted molar refractivity (Wildman–Crippen MR) is 93.0 cm³/mol. The summed E-state index contributed by atoms with van der Waals surface area (Å²) in [4.78, 5) is 11.7. The maximum absolute atomic E-state index is 11.7. The summed E-state index contributed by atoms with van der Waals surface area (Å²) in [5.41, 5.74) is 7.01. The van der Waals surface area contributed by atoms with Gasteiger partial charge in [0.25, 0.3) is 5.91 Å². The van der Waals surface area contributed by atoms with E-state index in [9.17, 15) is 4.79 Å². The number of aryl methyl sites for hydroxylation is 3. The van der Waals surface area contributed by atoms with Crippen LogP contribution in [0, 0.1) is 13.8 Å². The lowest BCUT2D eigenvalue weighted by atomic mass is 10.1. The Morgan fingerprint density at radius 3 is 2.57 bits per heavy atom. The Morgan fingerprint density at radius 1 is 1.17 bits per heavy atom. The van der Waals surface area contributed by atoms with Crippen LogP contribution >= 0.6 is 0 Å². The zero-order chi connectivity index (χ0) is 16.7. The molecule has 23 heavy (non-hydrogen) atoms. The van der Waals surface area contributed by atoms with Gasteiger partial charge in [0.2, 0.25) is 0 Å². The molecule has 0 fully saturated rings. The SMILES string of the molecule is CCc1ccc(OCC(=O)N/N=C/c2ccc(C)cc2C)cc1. The van der Waals surface area contributed by atoms with Crippen LogP contribution in [0.3, 0.4) is 0 Å². The highest BCUT2D eigenvalue weighted by Crippen LogP contribution is 2.12. The van der Waals surface area contributed by atoms with E-state index in [0.29, 0.717) is 5.75 Å². The number of carbonyl (C=O) groups is 1. The zero-order valence-electron chi connectivity index (χ0n) is 13.8. The molecule has 0 saturated heterocycles. The number of carbonyl (C=O) groups excluding carboxylic acids is 1. The van der Waals surface area contributed by atoms with Crippen LogP contribution in [0.1, 0.15) is 29.2 Å². The molecule has 0 aliphatic rings. The Balaban J connectivity index is 1.81. The molecular weight excluding hydrogens is 288 g/mol. The lowest BCUT2D eigenvalue weighted by Crippen LogP contribution is -2.24. The first-order chi connectivity index (χ1) is 11.1. The third kappa shape index (κ3) is 5.25. The summed E-state index contributed by atoms with van der Waals surface area (Å²) in [7, 11) is 0. The van der Waals surface area contributed by atoms with E-state index in [1.807, 2.05) is 50.2 Å². The molecule has 0 heterocycles. The van der Waals surface area contributed by atoms with Crippen molar-refractivity contribution in [3.05, 3.63) is 64.7 Å². The molecule has 2 aromatic carbocycles. The minimum absolute atomic E-state index is 0.0598.